The average molecular weight is 292 g/mol. The minimum absolute atomic E-state index is 0.291. The Labute approximate surface area is 128 Å². The number of hydrogen-bond donors (Lipinski definition) is 0. The van der Waals surface area contributed by atoms with Gasteiger partial charge in [0.1, 0.15) is 5.49 Å². The van der Waals surface area contributed by atoms with Crippen molar-refractivity contribution in [3.05, 3.63) is 83.7 Å². The van der Waals surface area contributed by atoms with E-state index in [-0.39, 0.29) is 5.91 Å². The van der Waals surface area contributed by atoms with Crippen LogP contribution in [0.4, 0.5) is 0 Å². The van der Waals surface area contributed by atoms with Gasteiger partial charge >= 0.3 is 0 Å². The minimum Gasteiger partial charge on any atom is -0.328 e. The third kappa shape index (κ3) is 3.20. The van der Waals surface area contributed by atoms with Gasteiger partial charge in [-0.1, -0.05) is 36.4 Å². The van der Waals surface area contributed by atoms with Crippen LogP contribution in [0.2, 0.25) is 0 Å². The Morgan fingerprint density at radius 3 is 2.64 bits per heavy atom. The van der Waals surface area contributed by atoms with E-state index < -0.39 is 0 Å². The predicted octanol–water partition coefficient (Wildman–Crippen LogP) is 2.01. The summed E-state index contributed by atoms with van der Waals surface area (Å²) >= 11 is 0. The van der Waals surface area contributed by atoms with E-state index in [4.69, 9.17) is 0 Å². The van der Waals surface area contributed by atoms with Gasteiger partial charge in [-0.15, -0.1) is 0 Å². The molecule has 3 aromatic rings. The van der Waals surface area contributed by atoms with Crippen LogP contribution in [0.5, 0.6) is 0 Å². The highest BCUT2D eigenvalue weighted by atomic mass is 16.1. The molecule has 0 bridgehead atoms. The molecule has 2 aromatic heterocycles. The van der Waals surface area contributed by atoms with Gasteiger partial charge in [-0.2, -0.15) is 10.1 Å². The molecule has 1 amide bonds. The van der Waals surface area contributed by atoms with Crippen molar-refractivity contribution in [2.75, 3.05) is 0 Å². The molecule has 0 unspecified atom stereocenters. The number of carbonyl (C=O) groups is 1. The average Bonchev–Trinajstić information content (AvgIpc) is 2.97. The molecule has 0 spiro atoms. The van der Waals surface area contributed by atoms with Gasteiger partial charge in [0.15, 0.2) is 0 Å². The van der Waals surface area contributed by atoms with Crippen LogP contribution >= 0.6 is 0 Å². The Bertz CT molecular complexity index is 846. The summed E-state index contributed by atoms with van der Waals surface area (Å²) in [4.78, 5) is 16.4. The van der Waals surface area contributed by atoms with Crippen molar-refractivity contribution in [2.24, 2.45) is 12.0 Å². The first-order valence-corrected chi connectivity index (χ1v) is 6.99. The van der Waals surface area contributed by atoms with Crippen molar-refractivity contribution in [1.82, 2.24) is 14.3 Å². The molecule has 0 fully saturated rings. The summed E-state index contributed by atoms with van der Waals surface area (Å²) in [5.74, 6) is -0.291. The van der Waals surface area contributed by atoms with Gasteiger partial charge in [0.2, 0.25) is 0 Å². The van der Waals surface area contributed by atoms with Gasteiger partial charge in [-0.05, 0) is 17.7 Å². The number of rotatable bonds is 3. The molecule has 0 radical (unpaired) electrons. The van der Waals surface area contributed by atoms with E-state index in [1.807, 2.05) is 59.3 Å². The first kappa shape index (κ1) is 14.0. The molecular weight excluding hydrogens is 276 g/mol. The number of aromatic nitrogens is 3. The Kier molecular flexibility index (Phi) is 3.96. The first-order valence-electron chi connectivity index (χ1n) is 6.99. The molecule has 1 aromatic carbocycles. The summed E-state index contributed by atoms with van der Waals surface area (Å²) in [7, 11) is 1.77. The second kappa shape index (κ2) is 6.22. The molecule has 0 aliphatic heterocycles. The molecule has 3 rings (SSSR count). The molecule has 0 saturated carbocycles. The fourth-order valence-electron chi connectivity index (χ4n) is 2.18. The lowest BCUT2D eigenvalue weighted by Crippen LogP contribution is -2.22. The number of pyridine rings is 1. The summed E-state index contributed by atoms with van der Waals surface area (Å²) in [6, 6.07) is 15.7. The number of carbonyl (C=O) groups excluding carboxylic acids is 1. The van der Waals surface area contributed by atoms with E-state index in [1.165, 1.54) is 6.20 Å². The monoisotopic (exact) mass is 292 g/mol. The lowest BCUT2D eigenvalue weighted by Gasteiger charge is -2.07. The lowest BCUT2D eigenvalue weighted by molar-refractivity contribution is 0.0997. The van der Waals surface area contributed by atoms with Crippen LogP contribution in [0.15, 0.2) is 72.1 Å². The van der Waals surface area contributed by atoms with Crippen molar-refractivity contribution < 1.29 is 4.79 Å². The summed E-state index contributed by atoms with van der Waals surface area (Å²) < 4.78 is 3.54. The fourth-order valence-corrected chi connectivity index (χ4v) is 2.18. The third-order valence-corrected chi connectivity index (χ3v) is 3.28. The molecule has 110 valence electrons. The maximum Gasteiger partial charge on any atom is 0.282 e. The zero-order chi connectivity index (χ0) is 15.4. The van der Waals surface area contributed by atoms with Crippen LogP contribution in [-0.2, 0) is 13.6 Å². The van der Waals surface area contributed by atoms with Crippen molar-refractivity contribution in [3.63, 3.8) is 0 Å². The molecule has 5 heteroatoms. The number of amides is 1. The van der Waals surface area contributed by atoms with Gasteiger partial charge in [-0.3, -0.25) is 9.48 Å². The fraction of sp³-hybridized carbons (Fsp3) is 0.118. The smallest absolute Gasteiger partial charge is 0.282 e. The van der Waals surface area contributed by atoms with Crippen LogP contribution in [0.25, 0.3) is 0 Å². The molecule has 22 heavy (non-hydrogen) atoms. The van der Waals surface area contributed by atoms with Gasteiger partial charge in [0, 0.05) is 26.0 Å². The largest absolute Gasteiger partial charge is 0.328 e. The van der Waals surface area contributed by atoms with E-state index in [1.54, 1.807) is 17.9 Å². The Morgan fingerprint density at radius 2 is 1.91 bits per heavy atom. The van der Waals surface area contributed by atoms with Crippen molar-refractivity contribution in [1.29, 1.82) is 0 Å². The standard InChI is InChI=1S/C17H16N4O/c1-20-13-15(11-18-20)17(22)19-16-9-5-6-10-21(16)12-14-7-3-2-4-8-14/h2-11,13H,12H2,1H3. The zero-order valence-corrected chi connectivity index (χ0v) is 12.3. The molecule has 2 heterocycles. The van der Waals surface area contributed by atoms with Gasteiger partial charge in [-0.25, -0.2) is 0 Å². The van der Waals surface area contributed by atoms with E-state index in [2.05, 4.69) is 10.1 Å². The molecule has 0 aliphatic carbocycles. The van der Waals surface area contributed by atoms with E-state index in [9.17, 15) is 4.79 Å². The van der Waals surface area contributed by atoms with Crippen molar-refractivity contribution in [2.45, 2.75) is 6.54 Å². The molecule has 0 N–H and O–H groups in total. The maximum atomic E-state index is 12.2. The summed E-state index contributed by atoms with van der Waals surface area (Å²) in [6.07, 6.45) is 5.11. The normalized spacial score (nSPS) is 11.6. The minimum atomic E-state index is -0.291. The van der Waals surface area contributed by atoms with Crippen molar-refractivity contribution >= 4 is 5.91 Å². The van der Waals surface area contributed by atoms with Crippen LogP contribution in [0.3, 0.4) is 0 Å². The topological polar surface area (TPSA) is 52.2 Å². The Morgan fingerprint density at radius 1 is 1.14 bits per heavy atom. The number of hydrogen-bond acceptors (Lipinski definition) is 2. The maximum absolute atomic E-state index is 12.2. The quantitative estimate of drug-likeness (QED) is 0.741. The van der Waals surface area contributed by atoms with Crippen molar-refractivity contribution in [3.8, 4) is 0 Å². The highest BCUT2D eigenvalue weighted by molar-refractivity contribution is 5.94. The second-order valence-electron chi connectivity index (χ2n) is 4.99. The van der Waals surface area contributed by atoms with Crippen LogP contribution < -0.4 is 5.49 Å². The van der Waals surface area contributed by atoms with Crippen LogP contribution in [-0.4, -0.2) is 20.3 Å². The number of nitrogens with zero attached hydrogens (tertiary/aromatic N) is 4. The van der Waals surface area contributed by atoms with E-state index in [0.29, 0.717) is 17.6 Å². The number of benzene rings is 1. The summed E-state index contributed by atoms with van der Waals surface area (Å²) in [5.41, 5.74) is 2.27. The highest BCUT2D eigenvalue weighted by Crippen LogP contribution is 2.01. The highest BCUT2D eigenvalue weighted by Gasteiger charge is 2.06. The summed E-state index contributed by atoms with van der Waals surface area (Å²) in [6.45, 7) is 0.667. The Balaban J connectivity index is 1.94. The van der Waals surface area contributed by atoms with Gasteiger partial charge in [0.05, 0.1) is 11.8 Å². The van der Waals surface area contributed by atoms with E-state index >= 15 is 0 Å². The van der Waals surface area contributed by atoms with Gasteiger partial charge < -0.3 is 4.57 Å². The molecular formula is C17H16N4O. The molecule has 0 saturated heterocycles. The second-order valence-corrected chi connectivity index (χ2v) is 4.99. The van der Waals surface area contributed by atoms with E-state index in [0.717, 1.165) is 5.56 Å². The SMILES string of the molecule is Cn1cc(C(=O)N=c2ccccn2Cc2ccccc2)cn1. The third-order valence-electron chi connectivity index (χ3n) is 3.28. The molecule has 0 aliphatic rings. The summed E-state index contributed by atoms with van der Waals surface area (Å²) in [5, 5.41) is 4.00. The Hall–Kier alpha value is -2.95. The lowest BCUT2D eigenvalue weighted by atomic mass is 10.2. The molecule has 0 atom stereocenters. The van der Waals surface area contributed by atoms with Crippen LogP contribution in [0.1, 0.15) is 15.9 Å². The van der Waals surface area contributed by atoms with Gasteiger partial charge in [0.25, 0.3) is 5.91 Å². The predicted molar refractivity (Wildman–Crippen MR) is 83.1 cm³/mol. The first-order chi connectivity index (χ1) is 10.7. The number of aryl methyl sites for hydroxylation is 1. The molecule has 5 nitrogen and oxygen atoms in total. The van der Waals surface area contributed by atoms with Crippen LogP contribution in [0, 0.1) is 0 Å². The zero-order valence-electron chi connectivity index (χ0n) is 12.3.